The van der Waals surface area contributed by atoms with Crippen LogP contribution in [0.5, 0.6) is 0 Å². The molecular weight excluding hydrogens is 467 g/mol. The van der Waals surface area contributed by atoms with Crippen LogP contribution in [-0.2, 0) is 19.1 Å². The van der Waals surface area contributed by atoms with E-state index in [0.29, 0.717) is 5.69 Å². The van der Waals surface area contributed by atoms with Gasteiger partial charge in [-0.2, -0.15) is 0 Å². The molecule has 1 aromatic carbocycles. The van der Waals surface area contributed by atoms with Gasteiger partial charge in [-0.25, -0.2) is 0 Å². The Balaban J connectivity index is 1.85. The zero-order chi connectivity index (χ0) is 19.1. The number of aryl methyl sites for hydroxylation is 1. The lowest BCUT2D eigenvalue weighted by molar-refractivity contribution is -0.147. The molecule has 8 heteroatoms. The summed E-state index contributed by atoms with van der Waals surface area (Å²) in [6, 6.07) is 8.77. The van der Waals surface area contributed by atoms with E-state index in [1.54, 1.807) is 6.07 Å². The Bertz CT molecular complexity index is 792. The van der Waals surface area contributed by atoms with Crippen LogP contribution in [0.3, 0.4) is 0 Å². The maximum absolute atomic E-state index is 12.0. The fourth-order valence-electron chi connectivity index (χ4n) is 2.20. The number of ether oxygens (including phenoxy) is 1. The molecule has 1 atom stereocenters. The maximum atomic E-state index is 12.0. The summed E-state index contributed by atoms with van der Waals surface area (Å²) < 4.78 is 6.07. The molecule has 0 aliphatic carbocycles. The second-order valence-electron chi connectivity index (χ2n) is 5.65. The zero-order valence-electron chi connectivity index (χ0n) is 14.4. The minimum absolute atomic E-state index is 0.0319. The van der Waals surface area contributed by atoms with Crippen LogP contribution >= 0.6 is 33.9 Å². The lowest BCUT2D eigenvalue weighted by atomic mass is 10.1. The molecule has 0 spiro atoms. The van der Waals surface area contributed by atoms with Crippen LogP contribution in [0.1, 0.15) is 29.8 Å². The van der Waals surface area contributed by atoms with Crippen molar-refractivity contribution in [1.82, 2.24) is 5.32 Å². The molecule has 0 saturated heterocycles. The monoisotopic (exact) mass is 486 g/mol. The van der Waals surface area contributed by atoms with Gasteiger partial charge in [0.25, 0.3) is 5.91 Å². The lowest BCUT2D eigenvalue weighted by Crippen LogP contribution is -2.29. The number of nitrogens with one attached hydrogen (secondary N) is 2. The van der Waals surface area contributed by atoms with E-state index >= 15 is 0 Å². The molecule has 0 saturated carbocycles. The van der Waals surface area contributed by atoms with Gasteiger partial charge in [-0.05, 0) is 58.7 Å². The molecule has 6 nitrogen and oxygen atoms in total. The zero-order valence-corrected chi connectivity index (χ0v) is 17.3. The standard InChI is InChI=1S/C18H19IN2O4S/c1-11-5-6-13(8-14(11)19)21-17(23)10-25-18(24)9-15(20-12(2)22)16-4-3-7-26-16/h3-8,15H,9-10H2,1-2H3,(H,20,22)(H,21,23). The summed E-state index contributed by atoms with van der Waals surface area (Å²) >= 11 is 3.63. The van der Waals surface area contributed by atoms with Gasteiger partial charge in [-0.3, -0.25) is 14.4 Å². The summed E-state index contributed by atoms with van der Waals surface area (Å²) in [7, 11) is 0. The Morgan fingerprint density at radius 1 is 1.27 bits per heavy atom. The fraction of sp³-hybridized carbons (Fsp3) is 0.278. The summed E-state index contributed by atoms with van der Waals surface area (Å²) in [5.74, 6) is -1.20. The first kappa shape index (κ1) is 20.4. The van der Waals surface area contributed by atoms with E-state index in [-0.39, 0.29) is 18.9 Å². The molecule has 1 unspecified atom stereocenters. The Morgan fingerprint density at radius 2 is 2.04 bits per heavy atom. The fourth-order valence-corrected chi connectivity index (χ4v) is 3.49. The van der Waals surface area contributed by atoms with Crippen molar-refractivity contribution in [3.63, 3.8) is 0 Å². The highest BCUT2D eigenvalue weighted by molar-refractivity contribution is 14.1. The number of hydrogen-bond acceptors (Lipinski definition) is 5. The number of esters is 1. The largest absolute Gasteiger partial charge is 0.455 e. The number of halogens is 1. The van der Waals surface area contributed by atoms with Crippen LogP contribution in [-0.4, -0.2) is 24.4 Å². The minimum Gasteiger partial charge on any atom is -0.455 e. The molecule has 0 radical (unpaired) electrons. The molecule has 2 aromatic rings. The molecular formula is C18H19IN2O4S. The first-order chi connectivity index (χ1) is 12.3. The number of anilines is 1. The van der Waals surface area contributed by atoms with Crippen molar-refractivity contribution < 1.29 is 19.1 Å². The number of carbonyl (C=O) groups is 3. The molecule has 2 N–H and O–H groups in total. The van der Waals surface area contributed by atoms with Crippen molar-refractivity contribution in [2.75, 3.05) is 11.9 Å². The Labute approximate surface area is 169 Å². The molecule has 1 heterocycles. The third-order valence-corrected chi connectivity index (χ3v) is 5.60. The maximum Gasteiger partial charge on any atom is 0.308 e. The normalized spacial score (nSPS) is 11.5. The van der Waals surface area contributed by atoms with Gasteiger partial charge in [0.1, 0.15) is 0 Å². The third-order valence-electron chi connectivity index (χ3n) is 3.45. The number of amides is 2. The van der Waals surface area contributed by atoms with Gasteiger partial charge in [-0.15, -0.1) is 11.3 Å². The van der Waals surface area contributed by atoms with Gasteiger partial charge in [0, 0.05) is 21.1 Å². The SMILES string of the molecule is CC(=O)NC(CC(=O)OCC(=O)Nc1ccc(C)c(I)c1)c1cccs1. The first-order valence-corrected chi connectivity index (χ1v) is 9.83. The van der Waals surface area contributed by atoms with Crippen molar-refractivity contribution in [3.05, 3.63) is 49.7 Å². The number of rotatable bonds is 7. The highest BCUT2D eigenvalue weighted by Crippen LogP contribution is 2.22. The van der Waals surface area contributed by atoms with Gasteiger partial charge in [0.05, 0.1) is 12.5 Å². The molecule has 1 aromatic heterocycles. The molecule has 0 bridgehead atoms. The summed E-state index contributed by atoms with van der Waals surface area (Å²) in [6.07, 6.45) is -0.0319. The molecule has 2 amide bonds. The van der Waals surface area contributed by atoms with E-state index in [2.05, 4.69) is 33.2 Å². The predicted molar refractivity (Wildman–Crippen MR) is 109 cm³/mol. The quantitative estimate of drug-likeness (QED) is 0.464. The number of benzene rings is 1. The average molecular weight is 486 g/mol. The van der Waals surface area contributed by atoms with Crippen molar-refractivity contribution in [3.8, 4) is 0 Å². The smallest absolute Gasteiger partial charge is 0.308 e. The summed E-state index contributed by atoms with van der Waals surface area (Å²) in [6.45, 7) is 3.00. The predicted octanol–water partition coefficient (Wildman–Crippen LogP) is 3.41. The Kier molecular flexibility index (Phi) is 7.58. The lowest BCUT2D eigenvalue weighted by Gasteiger charge is -2.15. The van der Waals surface area contributed by atoms with E-state index in [4.69, 9.17) is 4.74 Å². The number of thiophene rings is 1. The molecule has 0 aliphatic rings. The summed E-state index contributed by atoms with van der Waals surface area (Å²) in [5, 5.41) is 7.28. The van der Waals surface area contributed by atoms with Gasteiger partial charge in [-0.1, -0.05) is 12.1 Å². The molecule has 26 heavy (non-hydrogen) atoms. The van der Waals surface area contributed by atoms with Crippen molar-refractivity contribution >= 4 is 57.4 Å². The van der Waals surface area contributed by atoms with Crippen LogP contribution < -0.4 is 10.6 Å². The van der Waals surface area contributed by atoms with Gasteiger partial charge < -0.3 is 15.4 Å². The minimum atomic E-state index is -0.550. The van der Waals surface area contributed by atoms with Gasteiger partial charge >= 0.3 is 5.97 Å². The molecule has 2 rings (SSSR count). The molecule has 0 fully saturated rings. The van der Waals surface area contributed by atoms with E-state index in [1.165, 1.54) is 18.3 Å². The van der Waals surface area contributed by atoms with E-state index in [9.17, 15) is 14.4 Å². The second kappa shape index (κ2) is 9.67. The van der Waals surface area contributed by atoms with Crippen molar-refractivity contribution in [1.29, 1.82) is 0 Å². The first-order valence-electron chi connectivity index (χ1n) is 7.87. The van der Waals surface area contributed by atoms with Crippen molar-refractivity contribution in [2.24, 2.45) is 0 Å². The Morgan fingerprint density at radius 3 is 2.65 bits per heavy atom. The third kappa shape index (κ3) is 6.41. The summed E-state index contributed by atoms with van der Waals surface area (Å²) in [4.78, 5) is 36.2. The van der Waals surface area contributed by atoms with Crippen LogP contribution in [0.4, 0.5) is 5.69 Å². The van der Waals surface area contributed by atoms with Crippen LogP contribution in [0.2, 0.25) is 0 Å². The van der Waals surface area contributed by atoms with Crippen molar-refractivity contribution in [2.45, 2.75) is 26.3 Å². The van der Waals surface area contributed by atoms with Crippen LogP contribution in [0.25, 0.3) is 0 Å². The molecule has 138 valence electrons. The summed E-state index contributed by atoms with van der Waals surface area (Å²) in [5.41, 5.74) is 1.77. The Hall–Kier alpha value is -1.94. The molecule has 0 aliphatic heterocycles. The topological polar surface area (TPSA) is 84.5 Å². The number of hydrogen-bond donors (Lipinski definition) is 2. The van der Waals surface area contributed by atoms with E-state index in [1.807, 2.05) is 36.6 Å². The van der Waals surface area contributed by atoms with E-state index < -0.39 is 17.9 Å². The van der Waals surface area contributed by atoms with Crippen LogP contribution in [0, 0.1) is 10.5 Å². The second-order valence-corrected chi connectivity index (χ2v) is 7.79. The highest BCUT2D eigenvalue weighted by Gasteiger charge is 2.19. The van der Waals surface area contributed by atoms with Gasteiger partial charge in [0.2, 0.25) is 5.91 Å². The van der Waals surface area contributed by atoms with Crippen LogP contribution in [0.15, 0.2) is 35.7 Å². The highest BCUT2D eigenvalue weighted by atomic mass is 127. The average Bonchev–Trinajstić information content (AvgIpc) is 3.10. The van der Waals surface area contributed by atoms with E-state index in [0.717, 1.165) is 14.0 Å². The van der Waals surface area contributed by atoms with Gasteiger partial charge in [0.15, 0.2) is 6.61 Å². The number of carbonyl (C=O) groups excluding carboxylic acids is 3.